The van der Waals surface area contributed by atoms with Crippen LogP contribution >= 0.6 is 0 Å². The highest BCUT2D eigenvalue weighted by Gasteiger charge is 2.39. The Kier molecular flexibility index (Phi) is 6.28. The molecule has 0 saturated carbocycles. The van der Waals surface area contributed by atoms with Crippen molar-refractivity contribution in [3.05, 3.63) is 0 Å². The third kappa shape index (κ3) is 4.49. The van der Waals surface area contributed by atoms with Crippen LogP contribution in [-0.2, 0) is 14.3 Å². The zero-order chi connectivity index (χ0) is 14.3. The fraction of sp³-hybridized carbons (Fsp3) is 0.857. The van der Waals surface area contributed by atoms with Gasteiger partial charge in [0.1, 0.15) is 5.41 Å². The maximum Gasteiger partial charge on any atom is 0.237 e. The number of hydrogen-bond acceptors (Lipinski definition) is 3. The minimum absolute atomic E-state index is 0.108. The topological polar surface area (TPSA) is 58.6 Å². The zero-order valence-corrected chi connectivity index (χ0v) is 12.3. The molecule has 0 spiro atoms. The van der Waals surface area contributed by atoms with Crippen molar-refractivity contribution in [1.29, 1.82) is 0 Å². The summed E-state index contributed by atoms with van der Waals surface area (Å²) in [6, 6.07) is 0. The van der Waals surface area contributed by atoms with E-state index in [4.69, 9.17) is 4.74 Å². The van der Waals surface area contributed by atoms with Gasteiger partial charge in [0.15, 0.2) is 0 Å². The van der Waals surface area contributed by atoms with Crippen molar-refractivity contribution in [3.8, 4) is 0 Å². The van der Waals surface area contributed by atoms with Crippen LogP contribution < -0.4 is 5.32 Å². The van der Waals surface area contributed by atoms with Crippen molar-refractivity contribution in [2.24, 2.45) is 5.41 Å². The number of amides is 2. The summed E-state index contributed by atoms with van der Waals surface area (Å²) in [6.07, 6.45) is 3.17. The van der Waals surface area contributed by atoms with E-state index in [1.807, 2.05) is 0 Å². The summed E-state index contributed by atoms with van der Waals surface area (Å²) in [7, 11) is 0. The maximum absolute atomic E-state index is 12.4. The van der Waals surface area contributed by atoms with Gasteiger partial charge in [-0.3, -0.25) is 9.59 Å². The molecule has 0 bridgehead atoms. The third-order valence-electron chi connectivity index (χ3n) is 3.47. The van der Waals surface area contributed by atoms with Gasteiger partial charge in [0.2, 0.25) is 11.8 Å². The van der Waals surface area contributed by atoms with Crippen LogP contribution in [0.25, 0.3) is 0 Å². The summed E-state index contributed by atoms with van der Waals surface area (Å²) in [5, 5.41) is 2.86. The largest absolute Gasteiger partial charge is 0.378 e. The quantitative estimate of drug-likeness (QED) is 0.582. The molecule has 1 fully saturated rings. The molecular formula is C14H26N2O3. The lowest BCUT2D eigenvalue weighted by Crippen LogP contribution is -2.52. The molecular weight excluding hydrogens is 244 g/mol. The molecule has 5 heteroatoms. The fourth-order valence-corrected chi connectivity index (χ4v) is 2.06. The average Bonchev–Trinajstić information content (AvgIpc) is 2.43. The van der Waals surface area contributed by atoms with Crippen molar-refractivity contribution < 1.29 is 14.3 Å². The van der Waals surface area contributed by atoms with E-state index >= 15 is 0 Å². The van der Waals surface area contributed by atoms with E-state index in [1.165, 1.54) is 0 Å². The summed E-state index contributed by atoms with van der Waals surface area (Å²) >= 11 is 0. The van der Waals surface area contributed by atoms with Gasteiger partial charge in [-0.1, -0.05) is 19.8 Å². The van der Waals surface area contributed by atoms with Gasteiger partial charge in [0.25, 0.3) is 0 Å². The molecule has 1 rings (SSSR count). The van der Waals surface area contributed by atoms with E-state index in [0.29, 0.717) is 32.8 Å². The van der Waals surface area contributed by atoms with Gasteiger partial charge in [0.05, 0.1) is 13.2 Å². The molecule has 0 aromatic carbocycles. The van der Waals surface area contributed by atoms with E-state index in [1.54, 1.807) is 18.7 Å². The SMILES string of the molecule is CCCCCNC(=O)C(C)(C)C(=O)N1CCOCC1. The van der Waals surface area contributed by atoms with E-state index in [0.717, 1.165) is 19.3 Å². The molecule has 2 amide bonds. The standard InChI is InChI=1S/C14H26N2O3/c1-4-5-6-7-15-12(17)14(2,3)13(18)16-8-10-19-11-9-16/h4-11H2,1-3H3,(H,15,17). The Morgan fingerprint density at radius 3 is 2.42 bits per heavy atom. The molecule has 0 atom stereocenters. The van der Waals surface area contributed by atoms with Crippen LogP contribution in [0.2, 0.25) is 0 Å². The molecule has 0 aromatic heterocycles. The first-order chi connectivity index (χ1) is 9.00. The van der Waals surface area contributed by atoms with Crippen LogP contribution in [0.1, 0.15) is 40.0 Å². The molecule has 19 heavy (non-hydrogen) atoms. The summed E-state index contributed by atoms with van der Waals surface area (Å²) in [5.41, 5.74) is -0.996. The van der Waals surface area contributed by atoms with Gasteiger partial charge in [0, 0.05) is 19.6 Å². The number of morpholine rings is 1. The molecule has 1 aliphatic heterocycles. The smallest absolute Gasteiger partial charge is 0.237 e. The van der Waals surface area contributed by atoms with Crippen LogP contribution in [0.15, 0.2) is 0 Å². The van der Waals surface area contributed by atoms with Gasteiger partial charge in [-0.25, -0.2) is 0 Å². The van der Waals surface area contributed by atoms with Crippen LogP contribution in [0.3, 0.4) is 0 Å². The Labute approximate surface area is 115 Å². The molecule has 1 saturated heterocycles. The van der Waals surface area contributed by atoms with Crippen LogP contribution in [-0.4, -0.2) is 49.6 Å². The molecule has 1 aliphatic rings. The third-order valence-corrected chi connectivity index (χ3v) is 3.47. The van der Waals surface area contributed by atoms with Crippen LogP contribution in [0.5, 0.6) is 0 Å². The predicted octanol–water partition coefficient (Wildman–Crippen LogP) is 1.18. The Morgan fingerprint density at radius 1 is 1.21 bits per heavy atom. The number of rotatable bonds is 6. The summed E-state index contributed by atoms with van der Waals surface area (Å²) in [4.78, 5) is 26.2. The van der Waals surface area contributed by atoms with E-state index in [2.05, 4.69) is 12.2 Å². The molecule has 1 N–H and O–H groups in total. The van der Waals surface area contributed by atoms with E-state index in [-0.39, 0.29) is 11.8 Å². The number of ether oxygens (including phenoxy) is 1. The Hall–Kier alpha value is -1.10. The summed E-state index contributed by atoms with van der Waals surface area (Å²) in [6.45, 7) is 8.41. The number of nitrogens with one attached hydrogen (secondary N) is 1. The van der Waals surface area contributed by atoms with Crippen molar-refractivity contribution in [2.45, 2.75) is 40.0 Å². The maximum atomic E-state index is 12.4. The number of carbonyl (C=O) groups is 2. The summed E-state index contributed by atoms with van der Waals surface area (Å²) in [5.74, 6) is -0.288. The lowest BCUT2D eigenvalue weighted by molar-refractivity contribution is -0.151. The molecule has 0 unspecified atom stereocenters. The van der Waals surface area contributed by atoms with Gasteiger partial charge in [-0.05, 0) is 20.3 Å². The van der Waals surface area contributed by atoms with Crippen molar-refractivity contribution >= 4 is 11.8 Å². The molecule has 110 valence electrons. The first-order valence-corrected chi connectivity index (χ1v) is 7.15. The number of unbranched alkanes of at least 4 members (excludes halogenated alkanes) is 2. The molecule has 0 aliphatic carbocycles. The number of hydrogen-bond donors (Lipinski definition) is 1. The minimum atomic E-state index is -0.996. The average molecular weight is 270 g/mol. The highest BCUT2D eigenvalue weighted by molar-refractivity contribution is 6.04. The van der Waals surface area contributed by atoms with Crippen molar-refractivity contribution in [1.82, 2.24) is 10.2 Å². The minimum Gasteiger partial charge on any atom is -0.378 e. The second-order valence-electron chi connectivity index (χ2n) is 5.49. The van der Waals surface area contributed by atoms with E-state index < -0.39 is 5.41 Å². The van der Waals surface area contributed by atoms with Crippen molar-refractivity contribution in [2.75, 3.05) is 32.8 Å². The highest BCUT2D eigenvalue weighted by Crippen LogP contribution is 2.20. The molecule has 0 radical (unpaired) electrons. The Bertz CT molecular complexity index is 310. The van der Waals surface area contributed by atoms with Gasteiger partial charge < -0.3 is 15.0 Å². The first kappa shape index (κ1) is 16.0. The first-order valence-electron chi connectivity index (χ1n) is 7.15. The van der Waals surface area contributed by atoms with E-state index in [9.17, 15) is 9.59 Å². The predicted molar refractivity (Wildman–Crippen MR) is 73.7 cm³/mol. The zero-order valence-electron chi connectivity index (χ0n) is 12.3. The molecule has 5 nitrogen and oxygen atoms in total. The normalized spacial score (nSPS) is 16.3. The second-order valence-corrected chi connectivity index (χ2v) is 5.49. The molecule has 0 aromatic rings. The lowest BCUT2D eigenvalue weighted by atomic mass is 9.90. The molecule has 1 heterocycles. The monoisotopic (exact) mass is 270 g/mol. The fourth-order valence-electron chi connectivity index (χ4n) is 2.06. The number of nitrogens with zero attached hydrogens (tertiary/aromatic N) is 1. The second kappa shape index (κ2) is 7.48. The van der Waals surface area contributed by atoms with Gasteiger partial charge in [-0.2, -0.15) is 0 Å². The Morgan fingerprint density at radius 2 is 1.84 bits per heavy atom. The highest BCUT2D eigenvalue weighted by atomic mass is 16.5. The Balaban J connectivity index is 2.47. The van der Waals surface area contributed by atoms with Gasteiger partial charge in [-0.15, -0.1) is 0 Å². The van der Waals surface area contributed by atoms with Crippen LogP contribution in [0, 0.1) is 5.41 Å². The van der Waals surface area contributed by atoms with Gasteiger partial charge >= 0.3 is 0 Å². The number of carbonyl (C=O) groups excluding carboxylic acids is 2. The van der Waals surface area contributed by atoms with Crippen molar-refractivity contribution in [3.63, 3.8) is 0 Å². The summed E-state index contributed by atoms with van der Waals surface area (Å²) < 4.78 is 5.22. The van der Waals surface area contributed by atoms with Crippen LogP contribution in [0.4, 0.5) is 0 Å². The lowest BCUT2D eigenvalue weighted by Gasteiger charge is -2.33.